The van der Waals surface area contributed by atoms with Crippen molar-refractivity contribution < 1.29 is 19.2 Å². The zero-order chi connectivity index (χ0) is 18.1. The van der Waals surface area contributed by atoms with Crippen LogP contribution in [-0.4, -0.2) is 21.8 Å². The number of halogens is 2. The second kappa shape index (κ2) is 9.52. The fourth-order valence-electron chi connectivity index (χ4n) is 2.55. The van der Waals surface area contributed by atoms with Crippen molar-refractivity contribution in [2.24, 2.45) is 10.3 Å². The fraction of sp³-hybridized carbons (Fsp3) is 0.263. The van der Waals surface area contributed by atoms with Crippen LogP contribution in [0, 0.1) is 11.6 Å². The van der Waals surface area contributed by atoms with Gasteiger partial charge in [-0.25, -0.2) is 8.78 Å². The Hall–Kier alpha value is -2.76. The molecule has 0 bridgehead atoms. The zero-order valence-corrected chi connectivity index (χ0v) is 13.7. The Morgan fingerprint density at radius 1 is 0.640 bits per heavy atom. The van der Waals surface area contributed by atoms with Crippen LogP contribution in [0.2, 0.25) is 0 Å². The number of hydrogen-bond acceptors (Lipinski definition) is 4. The van der Waals surface area contributed by atoms with Crippen LogP contribution in [0.1, 0.15) is 43.2 Å². The summed E-state index contributed by atoms with van der Waals surface area (Å²) in [4.78, 5) is 0. The molecule has 0 amide bonds. The van der Waals surface area contributed by atoms with Gasteiger partial charge in [0.05, 0.1) is 11.4 Å². The lowest BCUT2D eigenvalue weighted by atomic mass is 10.0. The number of benzene rings is 2. The van der Waals surface area contributed by atoms with Gasteiger partial charge in [-0.1, -0.05) is 41.0 Å². The minimum Gasteiger partial charge on any atom is -0.411 e. The quantitative estimate of drug-likeness (QED) is 0.307. The summed E-state index contributed by atoms with van der Waals surface area (Å²) in [5, 5.41) is 24.8. The molecule has 0 aliphatic heterocycles. The maximum absolute atomic E-state index is 12.9. The Morgan fingerprint density at radius 3 is 1.32 bits per heavy atom. The number of unbranched alkanes of at least 4 members (excludes halogenated alkanes) is 2. The van der Waals surface area contributed by atoms with E-state index in [1.54, 1.807) is 24.3 Å². The van der Waals surface area contributed by atoms with E-state index in [9.17, 15) is 8.78 Å². The Kier molecular flexibility index (Phi) is 7.07. The van der Waals surface area contributed by atoms with Gasteiger partial charge in [-0.05, 0) is 61.1 Å². The first kappa shape index (κ1) is 18.6. The Labute approximate surface area is 145 Å². The molecule has 0 radical (unpaired) electrons. The second-order valence-electron chi connectivity index (χ2n) is 5.67. The van der Waals surface area contributed by atoms with E-state index in [0.29, 0.717) is 35.4 Å². The van der Waals surface area contributed by atoms with E-state index >= 15 is 0 Å². The van der Waals surface area contributed by atoms with Gasteiger partial charge in [-0.2, -0.15) is 0 Å². The van der Waals surface area contributed by atoms with E-state index in [4.69, 9.17) is 10.4 Å². The first-order chi connectivity index (χ1) is 12.1. The van der Waals surface area contributed by atoms with Gasteiger partial charge in [0.15, 0.2) is 0 Å². The lowest BCUT2D eigenvalue weighted by molar-refractivity contribution is 0.317. The van der Waals surface area contributed by atoms with Crippen molar-refractivity contribution in [3.8, 4) is 0 Å². The maximum atomic E-state index is 12.9. The van der Waals surface area contributed by atoms with Crippen LogP contribution in [0.25, 0.3) is 0 Å². The minimum absolute atomic E-state index is 0.336. The topological polar surface area (TPSA) is 65.2 Å². The summed E-state index contributed by atoms with van der Waals surface area (Å²) < 4.78 is 25.8. The summed E-state index contributed by atoms with van der Waals surface area (Å²) in [6.45, 7) is 0. The summed E-state index contributed by atoms with van der Waals surface area (Å²) in [6.07, 6.45) is 3.51. The van der Waals surface area contributed by atoms with Crippen LogP contribution in [0.5, 0.6) is 0 Å². The molecule has 0 unspecified atom stereocenters. The van der Waals surface area contributed by atoms with Crippen molar-refractivity contribution in [2.75, 3.05) is 0 Å². The molecule has 0 saturated carbocycles. The van der Waals surface area contributed by atoms with Gasteiger partial charge in [0.1, 0.15) is 11.6 Å². The highest BCUT2D eigenvalue weighted by atomic mass is 19.1. The maximum Gasteiger partial charge on any atom is 0.123 e. The summed E-state index contributed by atoms with van der Waals surface area (Å²) in [7, 11) is 0. The van der Waals surface area contributed by atoms with E-state index in [1.807, 2.05) is 0 Å². The third-order valence-electron chi connectivity index (χ3n) is 3.92. The van der Waals surface area contributed by atoms with Gasteiger partial charge in [-0.3, -0.25) is 0 Å². The summed E-state index contributed by atoms with van der Waals surface area (Å²) in [6, 6.07) is 11.6. The standard InChI is InChI=1S/C19H20F2N2O2/c20-16-10-6-14(7-11-16)18(22-24)4-2-1-3-5-19(23-25)15-8-12-17(21)13-9-15/h6-13,24-25H,1-5H2. The molecule has 6 heteroatoms. The molecule has 25 heavy (non-hydrogen) atoms. The minimum atomic E-state index is -0.336. The Bertz CT molecular complexity index is 663. The molecule has 2 N–H and O–H groups in total. The normalized spacial score (nSPS) is 12.4. The number of rotatable bonds is 8. The summed E-state index contributed by atoms with van der Waals surface area (Å²) >= 11 is 0. The molecule has 132 valence electrons. The largest absolute Gasteiger partial charge is 0.411 e. The van der Waals surface area contributed by atoms with E-state index in [2.05, 4.69) is 10.3 Å². The Morgan fingerprint density at radius 2 is 1.00 bits per heavy atom. The molecular weight excluding hydrogens is 326 g/mol. The molecular formula is C19H20F2N2O2. The molecule has 0 aromatic heterocycles. The first-order valence-corrected chi connectivity index (χ1v) is 8.08. The van der Waals surface area contributed by atoms with Crippen molar-refractivity contribution in [2.45, 2.75) is 32.1 Å². The third-order valence-corrected chi connectivity index (χ3v) is 3.92. The average molecular weight is 346 g/mol. The Balaban J connectivity index is 1.78. The summed E-state index contributed by atoms with van der Waals surface area (Å²) in [5.41, 5.74) is 2.39. The molecule has 0 aliphatic carbocycles. The number of oxime groups is 2. The first-order valence-electron chi connectivity index (χ1n) is 8.08. The van der Waals surface area contributed by atoms with Crippen LogP contribution in [0.3, 0.4) is 0 Å². The highest BCUT2D eigenvalue weighted by Crippen LogP contribution is 2.14. The molecule has 0 atom stereocenters. The SMILES string of the molecule is ON=C(CCCCCC(=NO)c1ccc(F)cc1)c1ccc(F)cc1. The van der Waals surface area contributed by atoms with Crippen molar-refractivity contribution in [1.29, 1.82) is 0 Å². The molecule has 0 fully saturated rings. The predicted octanol–water partition coefficient (Wildman–Crippen LogP) is 4.97. The van der Waals surface area contributed by atoms with Crippen LogP contribution in [-0.2, 0) is 0 Å². The van der Waals surface area contributed by atoms with E-state index in [0.717, 1.165) is 19.3 Å². The van der Waals surface area contributed by atoms with Crippen LogP contribution in [0.4, 0.5) is 8.78 Å². The molecule has 2 aromatic rings. The van der Waals surface area contributed by atoms with Crippen LogP contribution < -0.4 is 0 Å². The molecule has 4 nitrogen and oxygen atoms in total. The predicted molar refractivity (Wildman–Crippen MR) is 92.5 cm³/mol. The van der Waals surface area contributed by atoms with Crippen molar-refractivity contribution in [1.82, 2.24) is 0 Å². The van der Waals surface area contributed by atoms with Gasteiger partial charge >= 0.3 is 0 Å². The van der Waals surface area contributed by atoms with Gasteiger partial charge in [0, 0.05) is 0 Å². The lowest BCUT2D eigenvalue weighted by Gasteiger charge is -2.06. The van der Waals surface area contributed by atoms with E-state index < -0.39 is 0 Å². The third kappa shape index (κ3) is 5.67. The highest BCUT2D eigenvalue weighted by molar-refractivity contribution is 6.00. The van der Waals surface area contributed by atoms with Gasteiger partial charge in [-0.15, -0.1) is 0 Å². The number of nitrogens with zero attached hydrogens (tertiary/aromatic N) is 2. The molecule has 0 aliphatic rings. The number of hydrogen-bond donors (Lipinski definition) is 2. The van der Waals surface area contributed by atoms with E-state index in [1.165, 1.54) is 24.3 Å². The van der Waals surface area contributed by atoms with Crippen molar-refractivity contribution >= 4 is 11.4 Å². The molecule has 0 spiro atoms. The van der Waals surface area contributed by atoms with E-state index in [-0.39, 0.29) is 11.6 Å². The smallest absolute Gasteiger partial charge is 0.123 e. The zero-order valence-electron chi connectivity index (χ0n) is 13.7. The van der Waals surface area contributed by atoms with Gasteiger partial charge in [0.2, 0.25) is 0 Å². The molecule has 0 heterocycles. The molecule has 0 saturated heterocycles. The molecule has 2 aromatic carbocycles. The molecule has 2 rings (SSSR count). The van der Waals surface area contributed by atoms with Crippen molar-refractivity contribution in [3.05, 3.63) is 71.3 Å². The lowest BCUT2D eigenvalue weighted by Crippen LogP contribution is -2.03. The van der Waals surface area contributed by atoms with Gasteiger partial charge in [0.25, 0.3) is 0 Å². The average Bonchev–Trinajstić information content (AvgIpc) is 2.63. The highest BCUT2D eigenvalue weighted by Gasteiger charge is 2.07. The van der Waals surface area contributed by atoms with Crippen LogP contribution in [0.15, 0.2) is 58.8 Å². The van der Waals surface area contributed by atoms with Crippen LogP contribution >= 0.6 is 0 Å². The summed E-state index contributed by atoms with van der Waals surface area (Å²) in [5.74, 6) is -0.671. The fourth-order valence-corrected chi connectivity index (χ4v) is 2.55. The monoisotopic (exact) mass is 346 g/mol. The van der Waals surface area contributed by atoms with Gasteiger partial charge < -0.3 is 10.4 Å². The van der Waals surface area contributed by atoms with Crippen molar-refractivity contribution in [3.63, 3.8) is 0 Å². The second-order valence-corrected chi connectivity index (χ2v) is 5.67.